The van der Waals surface area contributed by atoms with E-state index in [2.05, 4.69) is 0 Å². The predicted octanol–water partition coefficient (Wildman–Crippen LogP) is 0.819. The van der Waals surface area contributed by atoms with Crippen molar-refractivity contribution in [1.82, 2.24) is 4.90 Å². The molecule has 1 aromatic rings. The molecule has 1 amide bonds. The van der Waals surface area contributed by atoms with Crippen LogP contribution in [0.4, 0.5) is 4.39 Å². The molecule has 1 saturated heterocycles. The number of rotatable bonds is 3. The Labute approximate surface area is 93.5 Å². The van der Waals surface area contributed by atoms with E-state index in [4.69, 9.17) is 5.11 Å². The van der Waals surface area contributed by atoms with Crippen molar-refractivity contribution in [1.29, 1.82) is 0 Å². The highest BCUT2D eigenvalue weighted by Gasteiger charge is 2.29. The van der Waals surface area contributed by atoms with Gasteiger partial charge in [-0.1, -0.05) is 12.1 Å². The third kappa shape index (κ3) is 2.39. The second kappa shape index (κ2) is 4.61. The molecule has 86 valence electrons. The van der Waals surface area contributed by atoms with Crippen LogP contribution < -0.4 is 0 Å². The van der Waals surface area contributed by atoms with Gasteiger partial charge in [0.25, 0.3) is 0 Å². The number of carbonyl (C=O) groups is 1. The molecule has 1 aromatic carbocycles. The van der Waals surface area contributed by atoms with Gasteiger partial charge < -0.3 is 10.0 Å². The lowest BCUT2D eigenvalue weighted by Crippen LogP contribution is -2.51. The smallest absolute Gasteiger partial charge is 0.227 e. The maximum Gasteiger partial charge on any atom is 0.227 e. The van der Waals surface area contributed by atoms with Crippen molar-refractivity contribution in [3.8, 4) is 0 Å². The van der Waals surface area contributed by atoms with Crippen LogP contribution in [0.5, 0.6) is 0 Å². The SMILES string of the molecule is O=C(Cc1ccc(F)cc1)N1CC(CO)C1. The maximum atomic E-state index is 12.6. The van der Waals surface area contributed by atoms with Gasteiger partial charge in [0.1, 0.15) is 5.82 Å². The molecule has 16 heavy (non-hydrogen) atoms. The van der Waals surface area contributed by atoms with E-state index in [1.54, 1.807) is 17.0 Å². The summed E-state index contributed by atoms with van der Waals surface area (Å²) in [6, 6.07) is 5.96. The van der Waals surface area contributed by atoms with E-state index in [-0.39, 0.29) is 24.2 Å². The summed E-state index contributed by atoms with van der Waals surface area (Å²) >= 11 is 0. The van der Waals surface area contributed by atoms with Gasteiger partial charge in [-0.15, -0.1) is 0 Å². The molecule has 2 rings (SSSR count). The van der Waals surface area contributed by atoms with Crippen molar-refractivity contribution in [2.75, 3.05) is 19.7 Å². The Bertz CT molecular complexity index is 371. The minimum absolute atomic E-state index is 0.0382. The van der Waals surface area contributed by atoms with Gasteiger partial charge >= 0.3 is 0 Å². The average Bonchev–Trinajstić information content (AvgIpc) is 2.20. The summed E-state index contributed by atoms with van der Waals surface area (Å²) in [4.78, 5) is 13.4. The number of amides is 1. The van der Waals surface area contributed by atoms with Crippen LogP contribution in [0.1, 0.15) is 5.56 Å². The van der Waals surface area contributed by atoms with Crippen LogP contribution in [0.15, 0.2) is 24.3 Å². The number of carbonyl (C=O) groups excluding carboxylic acids is 1. The van der Waals surface area contributed by atoms with Crippen molar-refractivity contribution >= 4 is 5.91 Å². The lowest BCUT2D eigenvalue weighted by Gasteiger charge is -2.38. The molecule has 0 saturated carbocycles. The molecule has 0 aliphatic carbocycles. The van der Waals surface area contributed by atoms with Crippen molar-refractivity contribution in [2.45, 2.75) is 6.42 Å². The van der Waals surface area contributed by atoms with E-state index in [9.17, 15) is 9.18 Å². The molecule has 1 N–H and O–H groups in total. The van der Waals surface area contributed by atoms with Crippen LogP contribution in [0.3, 0.4) is 0 Å². The fourth-order valence-corrected chi connectivity index (χ4v) is 1.78. The standard InChI is InChI=1S/C12H14FNO2/c13-11-3-1-9(2-4-11)5-12(16)14-6-10(7-14)8-15/h1-4,10,15H,5-8H2. The zero-order valence-electron chi connectivity index (χ0n) is 8.90. The van der Waals surface area contributed by atoms with Crippen molar-refractivity contribution in [3.05, 3.63) is 35.6 Å². The summed E-state index contributed by atoms with van der Waals surface area (Å²) in [5, 5.41) is 8.83. The highest BCUT2D eigenvalue weighted by Crippen LogP contribution is 2.16. The van der Waals surface area contributed by atoms with Crippen LogP contribution in [0, 0.1) is 11.7 Å². The highest BCUT2D eigenvalue weighted by molar-refractivity contribution is 5.79. The van der Waals surface area contributed by atoms with Gasteiger partial charge in [0, 0.05) is 25.6 Å². The topological polar surface area (TPSA) is 40.5 Å². The maximum absolute atomic E-state index is 12.6. The fraction of sp³-hybridized carbons (Fsp3) is 0.417. The first kappa shape index (κ1) is 11.1. The molecular formula is C12H14FNO2. The second-order valence-electron chi connectivity index (χ2n) is 4.15. The van der Waals surface area contributed by atoms with Crippen LogP contribution >= 0.6 is 0 Å². The van der Waals surface area contributed by atoms with E-state index in [0.717, 1.165) is 5.56 Å². The van der Waals surface area contributed by atoms with Gasteiger partial charge in [0.05, 0.1) is 6.42 Å². The molecule has 0 spiro atoms. The third-order valence-corrected chi connectivity index (χ3v) is 2.84. The van der Waals surface area contributed by atoms with Gasteiger partial charge in [-0.2, -0.15) is 0 Å². The van der Waals surface area contributed by atoms with Crippen LogP contribution in [-0.2, 0) is 11.2 Å². The number of benzene rings is 1. The highest BCUT2D eigenvalue weighted by atomic mass is 19.1. The first-order valence-corrected chi connectivity index (χ1v) is 5.32. The first-order valence-electron chi connectivity index (χ1n) is 5.32. The van der Waals surface area contributed by atoms with Crippen molar-refractivity contribution in [2.24, 2.45) is 5.92 Å². The Morgan fingerprint density at radius 2 is 2.00 bits per heavy atom. The van der Waals surface area contributed by atoms with Crippen molar-refractivity contribution < 1.29 is 14.3 Å². The van der Waals surface area contributed by atoms with Gasteiger partial charge in [-0.3, -0.25) is 4.79 Å². The third-order valence-electron chi connectivity index (χ3n) is 2.84. The van der Waals surface area contributed by atoms with E-state index < -0.39 is 0 Å². The Kier molecular flexibility index (Phi) is 3.19. The number of hydrogen-bond donors (Lipinski definition) is 1. The molecule has 4 heteroatoms. The monoisotopic (exact) mass is 223 g/mol. The Hall–Kier alpha value is -1.42. The van der Waals surface area contributed by atoms with Crippen LogP contribution in [0.25, 0.3) is 0 Å². The summed E-state index contributed by atoms with van der Waals surface area (Å²) in [5.41, 5.74) is 0.818. The lowest BCUT2D eigenvalue weighted by molar-refractivity contribution is -0.137. The average molecular weight is 223 g/mol. The lowest BCUT2D eigenvalue weighted by atomic mass is 10.00. The molecule has 1 aliphatic rings. The number of hydrogen-bond acceptors (Lipinski definition) is 2. The van der Waals surface area contributed by atoms with Crippen LogP contribution in [0.2, 0.25) is 0 Å². The molecule has 0 atom stereocenters. The van der Waals surface area contributed by atoms with E-state index in [0.29, 0.717) is 19.5 Å². The normalized spacial score (nSPS) is 16.0. The van der Waals surface area contributed by atoms with E-state index in [1.807, 2.05) is 0 Å². The minimum Gasteiger partial charge on any atom is -0.396 e. The van der Waals surface area contributed by atoms with E-state index >= 15 is 0 Å². The summed E-state index contributed by atoms with van der Waals surface area (Å²) in [7, 11) is 0. The molecule has 0 radical (unpaired) electrons. The zero-order chi connectivity index (χ0) is 11.5. The largest absolute Gasteiger partial charge is 0.396 e. The number of nitrogens with zero attached hydrogens (tertiary/aromatic N) is 1. The van der Waals surface area contributed by atoms with Crippen LogP contribution in [-0.4, -0.2) is 35.6 Å². The second-order valence-corrected chi connectivity index (χ2v) is 4.15. The quantitative estimate of drug-likeness (QED) is 0.824. The zero-order valence-corrected chi connectivity index (χ0v) is 8.90. The van der Waals surface area contributed by atoms with Crippen molar-refractivity contribution in [3.63, 3.8) is 0 Å². The summed E-state index contributed by atoms with van der Waals surface area (Å²) in [6.45, 7) is 1.41. The molecule has 1 aliphatic heterocycles. The molecule has 1 fully saturated rings. The number of aliphatic hydroxyl groups is 1. The predicted molar refractivity (Wildman–Crippen MR) is 57.3 cm³/mol. The minimum atomic E-state index is -0.291. The molecule has 0 unspecified atom stereocenters. The Morgan fingerprint density at radius 3 is 2.56 bits per heavy atom. The first-order chi connectivity index (χ1) is 7.69. The van der Waals surface area contributed by atoms with E-state index in [1.165, 1.54) is 12.1 Å². The number of likely N-dealkylation sites (tertiary alicyclic amines) is 1. The molecule has 0 bridgehead atoms. The summed E-state index contributed by atoms with van der Waals surface area (Å²) in [5.74, 6) is -0.0195. The van der Waals surface area contributed by atoms with Gasteiger partial charge in [0.15, 0.2) is 0 Å². The summed E-state index contributed by atoms with van der Waals surface area (Å²) < 4.78 is 12.6. The van der Waals surface area contributed by atoms with Gasteiger partial charge in [-0.25, -0.2) is 4.39 Å². The summed E-state index contributed by atoms with van der Waals surface area (Å²) in [6.07, 6.45) is 0.304. The molecule has 0 aromatic heterocycles. The molecule has 1 heterocycles. The number of halogens is 1. The fourth-order valence-electron chi connectivity index (χ4n) is 1.78. The Morgan fingerprint density at radius 1 is 1.38 bits per heavy atom. The van der Waals surface area contributed by atoms with Gasteiger partial charge in [0.2, 0.25) is 5.91 Å². The molecule has 3 nitrogen and oxygen atoms in total. The van der Waals surface area contributed by atoms with Gasteiger partial charge in [-0.05, 0) is 17.7 Å². The number of aliphatic hydroxyl groups excluding tert-OH is 1. The Balaban J connectivity index is 1.86. The molecular weight excluding hydrogens is 209 g/mol.